The Morgan fingerprint density at radius 1 is 1.53 bits per heavy atom. The minimum atomic E-state index is -3.89. The average Bonchev–Trinajstić information content (AvgIpc) is 2.65. The van der Waals surface area contributed by atoms with E-state index in [0.29, 0.717) is 0 Å². The van der Waals surface area contributed by atoms with Gasteiger partial charge in [-0.1, -0.05) is 20.8 Å². The van der Waals surface area contributed by atoms with E-state index < -0.39 is 27.4 Å². The number of carboxylic acid groups (broad SMARTS) is 1. The molecular weight excluding hydrogens is 246 g/mol. The van der Waals surface area contributed by atoms with Gasteiger partial charge in [-0.05, 0) is 5.41 Å². The Hall–Kier alpha value is -1.41. The summed E-state index contributed by atoms with van der Waals surface area (Å²) in [4.78, 5) is 17.0. The Morgan fingerprint density at radius 2 is 2.12 bits per heavy atom. The van der Waals surface area contributed by atoms with Crippen molar-refractivity contribution < 1.29 is 18.3 Å². The van der Waals surface area contributed by atoms with Gasteiger partial charge in [0.1, 0.15) is 6.04 Å². The highest BCUT2D eigenvalue weighted by Crippen LogP contribution is 2.21. The Morgan fingerprint density at radius 3 is 2.47 bits per heavy atom. The van der Waals surface area contributed by atoms with Gasteiger partial charge >= 0.3 is 5.97 Å². The molecule has 0 spiro atoms. The summed E-state index contributed by atoms with van der Waals surface area (Å²) in [6, 6.07) is -1.21. The lowest BCUT2D eigenvalue weighted by Crippen LogP contribution is -2.49. The van der Waals surface area contributed by atoms with E-state index in [9.17, 15) is 13.2 Å². The van der Waals surface area contributed by atoms with Crippen molar-refractivity contribution >= 4 is 16.0 Å². The minimum Gasteiger partial charge on any atom is -0.480 e. The maximum Gasteiger partial charge on any atom is 0.322 e. The lowest BCUT2D eigenvalue weighted by atomic mass is 9.88. The number of carbonyl (C=O) groups is 1. The van der Waals surface area contributed by atoms with E-state index in [4.69, 9.17) is 5.11 Å². The molecule has 1 heterocycles. The van der Waals surface area contributed by atoms with Crippen molar-refractivity contribution in [3.63, 3.8) is 0 Å². The number of imidazole rings is 1. The Labute approximate surface area is 99.3 Å². The summed E-state index contributed by atoms with van der Waals surface area (Å²) in [5.74, 6) is -1.22. The number of hydrogen-bond donors (Lipinski definition) is 3. The van der Waals surface area contributed by atoms with Crippen LogP contribution in [0.3, 0.4) is 0 Å². The molecular formula is C9H15N3O4S. The molecule has 0 aromatic carbocycles. The molecule has 1 atom stereocenters. The Balaban J connectivity index is 3.01. The summed E-state index contributed by atoms with van der Waals surface area (Å²) in [6.07, 6.45) is 2.32. The largest absolute Gasteiger partial charge is 0.480 e. The van der Waals surface area contributed by atoms with E-state index in [-0.39, 0.29) is 5.03 Å². The van der Waals surface area contributed by atoms with Crippen molar-refractivity contribution in [3.05, 3.63) is 12.5 Å². The zero-order valence-electron chi connectivity index (χ0n) is 9.76. The van der Waals surface area contributed by atoms with Gasteiger partial charge in [0.25, 0.3) is 10.0 Å². The first-order valence-corrected chi connectivity index (χ1v) is 6.36. The van der Waals surface area contributed by atoms with Crippen LogP contribution in [0.25, 0.3) is 0 Å². The molecule has 0 aliphatic rings. The van der Waals surface area contributed by atoms with Crippen LogP contribution in [0.5, 0.6) is 0 Å². The molecule has 0 bridgehead atoms. The number of aliphatic carboxylic acids is 1. The molecule has 0 saturated heterocycles. The molecule has 0 aliphatic carbocycles. The van der Waals surface area contributed by atoms with Gasteiger partial charge in [-0.3, -0.25) is 4.79 Å². The van der Waals surface area contributed by atoms with Gasteiger partial charge in [0, 0.05) is 0 Å². The Kier molecular flexibility index (Phi) is 3.58. The van der Waals surface area contributed by atoms with Gasteiger partial charge in [0.2, 0.25) is 0 Å². The summed E-state index contributed by atoms with van der Waals surface area (Å²) in [5.41, 5.74) is -0.737. The molecule has 17 heavy (non-hydrogen) atoms. The molecule has 1 aromatic heterocycles. The highest BCUT2D eigenvalue weighted by Gasteiger charge is 2.35. The van der Waals surface area contributed by atoms with Gasteiger partial charge in [-0.15, -0.1) is 0 Å². The molecule has 8 heteroatoms. The van der Waals surface area contributed by atoms with E-state index in [2.05, 4.69) is 14.7 Å². The van der Waals surface area contributed by atoms with E-state index in [1.54, 1.807) is 20.8 Å². The van der Waals surface area contributed by atoms with Crippen LogP contribution in [0.4, 0.5) is 0 Å². The molecule has 0 unspecified atom stereocenters. The van der Waals surface area contributed by atoms with E-state index in [0.717, 1.165) is 6.20 Å². The van der Waals surface area contributed by atoms with Crippen LogP contribution in [0.1, 0.15) is 20.8 Å². The van der Waals surface area contributed by atoms with Crippen LogP contribution >= 0.6 is 0 Å². The van der Waals surface area contributed by atoms with Gasteiger partial charge in [-0.2, -0.15) is 4.72 Å². The van der Waals surface area contributed by atoms with Crippen LogP contribution < -0.4 is 4.72 Å². The first kappa shape index (κ1) is 13.7. The zero-order valence-corrected chi connectivity index (χ0v) is 10.6. The molecule has 96 valence electrons. The lowest BCUT2D eigenvalue weighted by molar-refractivity contribution is -0.141. The normalized spacial score (nSPS) is 14.5. The molecule has 0 saturated carbocycles. The Bertz CT molecular complexity index is 487. The van der Waals surface area contributed by atoms with Crippen molar-refractivity contribution in [3.8, 4) is 0 Å². The molecule has 0 radical (unpaired) electrons. The number of rotatable bonds is 4. The van der Waals surface area contributed by atoms with Crippen LogP contribution in [0, 0.1) is 5.41 Å². The monoisotopic (exact) mass is 261 g/mol. The summed E-state index contributed by atoms with van der Waals surface area (Å²) in [7, 11) is -3.89. The average molecular weight is 261 g/mol. The van der Waals surface area contributed by atoms with Gasteiger partial charge in [0.15, 0.2) is 5.03 Å². The number of H-pyrrole nitrogens is 1. The fourth-order valence-corrected chi connectivity index (χ4v) is 2.51. The molecule has 0 aliphatic heterocycles. The van der Waals surface area contributed by atoms with Crippen molar-refractivity contribution in [1.29, 1.82) is 0 Å². The van der Waals surface area contributed by atoms with Crippen molar-refractivity contribution in [1.82, 2.24) is 14.7 Å². The fourth-order valence-electron chi connectivity index (χ4n) is 1.21. The predicted molar refractivity (Wildman–Crippen MR) is 59.8 cm³/mol. The highest BCUT2D eigenvalue weighted by atomic mass is 32.2. The van der Waals surface area contributed by atoms with Gasteiger partial charge < -0.3 is 10.1 Å². The third-order valence-corrected chi connectivity index (χ3v) is 3.50. The summed E-state index contributed by atoms with van der Waals surface area (Å²) >= 11 is 0. The maximum atomic E-state index is 11.8. The fraction of sp³-hybridized carbons (Fsp3) is 0.556. The van der Waals surface area contributed by atoms with Crippen LogP contribution in [-0.2, 0) is 14.8 Å². The highest BCUT2D eigenvalue weighted by molar-refractivity contribution is 7.89. The summed E-state index contributed by atoms with van der Waals surface area (Å²) in [6.45, 7) is 4.92. The first-order chi connectivity index (χ1) is 7.64. The molecule has 0 fully saturated rings. The summed E-state index contributed by atoms with van der Waals surface area (Å²) < 4.78 is 25.8. The number of aromatic amines is 1. The zero-order chi connectivity index (χ0) is 13.3. The van der Waals surface area contributed by atoms with Crippen LogP contribution in [0.15, 0.2) is 17.6 Å². The smallest absolute Gasteiger partial charge is 0.322 e. The number of nitrogens with zero attached hydrogens (tertiary/aromatic N) is 1. The second-order valence-electron chi connectivity index (χ2n) is 4.67. The van der Waals surface area contributed by atoms with E-state index >= 15 is 0 Å². The molecule has 3 N–H and O–H groups in total. The molecule has 1 aromatic rings. The minimum absolute atomic E-state index is 0.159. The van der Waals surface area contributed by atoms with E-state index in [1.165, 1.54) is 6.33 Å². The van der Waals surface area contributed by atoms with Crippen LogP contribution in [-0.4, -0.2) is 35.5 Å². The second-order valence-corrected chi connectivity index (χ2v) is 6.36. The standard InChI is InChI=1S/C9H15N3O4S/c1-9(2,3)7(8(13)14)12-17(15,16)6-4-10-5-11-6/h4-5,7,12H,1-3H3,(H,10,11)(H,13,14)/t7-/m0/s1. The molecule has 1 rings (SSSR count). The number of sulfonamides is 1. The van der Waals surface area contributed by atoms with Gasteiger partial charge in [0.05, 0.1) is 12.5 Å². The lowest BCUT2D eigenvalue weighted by Gasteiger charge is -2.27. The number of aromatic nitrogens is 2. The predicted octanol–water partition coefficient (Wildman–Crippen LogP) is 0.187. The SMILES string of the molecule is CC(C)(C)[C@@H](NS(=O)(=O)c1cnc[nH]1)C(=O)O. The van der Waals surface area contributed by atoms with Gasteiger partial charge in [-0.25, -0.2) is 13.4 Å². The molecule has 0 amide bonds. The topological polar surface area (TPSA) is 112 Å². The van der Waals surface area contributed by atoms with Crippen molar-refractivity contribution in [2.45, 2.75) is 31.8 Å². The third-order valence-electron chi connectivity index (χ3n) is 2.15. The van der Waals surface area contributed by atoms with Crippen LogP contribution in [0.2, 0.25) is 0 Å². The van der Waals surface area contributed by atoms with Crippen molar-refractivity contribution in [2.24, 2.45) is 5.41 Å². The maximum absolute atomic E-state index is 11.8. The van der Waals surface area contributed by atoms with E-state index in [1.807, 2.05) is 0 Å². The number of carboxylic acids is 1. The third kappa shape index (κ3) is 3.27. The number of hydrogen-bond acceptors (Lipinski definition) is 4. The first-order valence-electron chi connectivity index (χ1n) is 4.88. The summed E-state index contributed by atoms with van der Waals surface area (Å²) in [5, 5.41) is 8.86. The molecule has 7 nitrogen and oxygen atoms in total. The van der Waals surface area contributed by atoms with Crippen molar-refractivity contribution in [2.75, 3.05) is 0 Å². The second kappa shape index (κ2) is 4.46. The quantitative estimate of drug-likeness (QED) is 0.716. The number of nitrogens with one attached hydrogen (secondary N) is 2.